The first-order valence-electron chi connectivity index (χ1n) is 14.0. The summed E-state index contributed by atoms with van der Waals surface area (Å²) in [7, 11) is 2.89. The van der Waals surface area contributed by atoms with Crippen molar-refractivity contribution in [3.63, 3.8) is 0 Å². The minimum atomic E-state index is -0.441. The van der Waals surface area contributed by atoms with Crippen molar-refractivity contribution in [1.82, 2.24) is 14.8 Å². The second kappa shape index (κ2) is 13.0. The maximum Gasteiger partial charge on any atom is 0.337 e. The number of hydrogen-bond acceptors (Lipinski definition) is 8. The van der Waals surface area contributed by atoms with Crippen molar-refractivity contribution in [3.8, 4) is 11.5 Å². The van der Waals surface area contributed by atoms with Gasteiger partial charge in [0.2, 0.25) is 0 Å². The van der Waals surface area contributed by atoms with Gasteiger partial charge in [0.1, 0.15) is 0 Å². The summed E-state index contributed by atoms with van der Waals surface area (Å²) in [5.41, 5.74) is 2.02. The number of methoxy groups -OCH3 is 2. The highest BCUT2D eigenvalue weighted by atomic mass is 19.1. The monoisotopic (exact) mass is 565 g/mol. The molecule has 3 aromatic rings. The molecule has 2 aliphatic heterocycles. The van der Waals surface area contributed by atoms with Crippen LogP contribution in [0.1, 0.15) is 29.6 Å². The van der Waals surface area contributed by atoms with Gasteiger partial charge >= 0.3 is 12.0 Å². The first kappa shape index (κ1) is 28.4. The molecule has 0 aliphatic carbocycles. The lowest BCUT2D eigenvalue weighted by Crippen LogP contribution is -2.50. The molecular weight excluding hydrogens is 529 g/mol. The van der Waals surface area contributed by atoms with E-state index in [2.05, 4.69) is 15.2 Å². The number of likely N-dealkylation sites (tertiary alicyclic amines) is 1. The number of urea groups is 1. The van der Waals surface area contributed by atoms with Gasteiger partial charge in [-0.3, -0.25) is 4.98 Å². The molecule has 0 radical (unpaired) electrons. The Bertz CT molecular complexity index is 1370. The molecule has 0 bridgehead atoms. The normalized spacial score (nSPS) is 15.7. The SMILES string of the molecule is COC(=O)c1ccc(NC(=O)N2CCN(c3c(F)cnc4cc(OCCCN5CCCC5)c(OC)cc34)CC2)cc1. The second-order valence-corrected chi connectivity index (χ2v) is 10.2. The lowest BCUT2D eigenvalue weighted by Gasteiger charge is -2.36. The number of esters is 1. The number of nitrogens with zero attached hydrogens (tertiary/aromatic N) is 4. The largest absolute Gasteiger partial charge is 0.493 e. The van der Waals surface area contributed by atoms with Crippen LogP contribution in [0.25, 0.3) is 10.9 Å². The van der Waals surface area contributed by atoms with Gasteiger partial charge in [-0.2, -0.15) is 0 Å². The fourth-order valence-electron chi connectivity index (χ4n) is 5.38. The van der Waals surface area contributed by atoms with E-state index in [0.717, 1.165) is 26.1 Å². The zero-order chi connectivity index (χ0) is 28.8. The number of nitrogens with one attached hydrogen (secondary N) is 1. The maximum absolute atomic E-state index is 15.2. The molecule has 2 fully saturated rings. The molecule has 0 spiro atoms. The molecule has 2 aliphatic rings. The molecular formula is C30H36FN5O5. The van der Waals surface area contributed by atoms with Gasteiger partial charge in [0.25, 0.3) is 0 Å². The minimum Gasteiger partial charge on any atom is -0.493 e. The zero-order valence-electron chi connectivity index (χ0n) is 23.5. The van der Waals surface area contributed by atoms with Gasteiger partial charge in [0.15, 0.2) is 17.3 Å². The molecule has 0 saturated carbocycles. The number of carbonyl (C=O) groups is 2. The quantitative estimate of drug-likeness (QED) is 0.302. The lowest BCUT2D eigenvalue weighted by molar-refractivity contribution is 0.0600. The van der Waals surface area contributed by atoms with Gasteiger partial charge in [0, 0.05) is 49.9 Å². The molecule has 1 N–H and O–H groups in total. The van der Waals surface area contributed by atoms with Crippen molar-refractivity contribution in [2.75, 3.05) is 76.9 Å². The number of carbonyl (C=O) groups excluding carboxylic acids is 2. The molecule has 41 heavy (non-hydrogen) atoms. The number of halogens is 1. The highest BCUT2D eigenvalue weighted by molar-refractivity contribution is 5.95. The molecule has 5 rings (SSSR count). The molecule has 10 nitrogen and oxygen atoms in total. The number of ether oxygens (including phenoxy) is 3. The van der Waals surface area contributed by atoms with Crippen LogP contribution in [0.2, 0.25) is 0 Å². The fourth-order valence-corrected chi connectivity index (χ4v) is 5.38. The number of benzene rings is 2. The molecule has 218 valence electrons. The van der Waals surface area contributed by atoms with Crippen LogP contribution >= 0.6 is 0 Å². The van der Waals surface area contributed by atoms with Crippen LogP contribution in [0.15, 0.2) is 42.6 Å². The highest BCUT2D eigenvalue weighted by Gasteiger charge is 2.25. The average Bonchev–Trinajstić information content (AvgIpc) is 3.53. The molecule has 0 unspecified atom stereocenters. The molecule has 2 saturated heterocycles. The third-order valence-corrected chi connectivity index (χ3v) is 7.60. The van der Waals surface area contributed by atoms with E-state index in [1.54, 1.807) is 42.3 Å². The van der Waals surface area contributed by atoms with Gasteiger partial charge in [-0.1, -0.05) is 0 Å². The van der Waals surface area contributed by atoms with E-state index in [1.165, 1.54) is 26.1 Å². The minimum absolute atomic E-state index is 0.260. The molecule has 1 aromatic heterocycles. The van der Waals surface area contributed by atoms with Gasteiger partial charge < -0.3 is 34.2 Å². The van der Waals surface area contributed by atoms with Crippen LogP contribution in [0.5, 0.6) is 11.5 Å². The van der Waals surface area contributed by atoms with E-state index in [4.69, 9.17) is 14.2 Å². The van der Waals surface area contributed by atoms with Crippen molar-refractivity contribution in [3.05, 3.63) is 54.0 Å². The van der Waals surface area contributed by atoms with Gasteiger partial charge in [-0.05, 0) is 62.7 Å². The summed E-state index contributed by atoms with van der Waals surface area (Å²) in [6, 6.07) is 9.82. The second-order valence-electron chi connectivity index (χ2n) is 10.2. The predicted molar refractivity (Wildman–Crippen MR) is 155 cm³/mol. The molecule has 3 heterocycles. The topological polar surface area (TPSA) is 96.5 Å². The van der Waals surface area contributed by atoms with E-state index in [0.29, 0.717) is 72.1 Å². The predicted octanol–water partition coefficient (Wildman–Crippen LogP) is 4.39. The third-order valence-electron chi connectivity index (χ3n) is 7.60. The van der Waals surface area contributed by atoms with Crippen LogP contribution in [-0.4, -0.2) is 93.4 Å². The average molecular weight is 566 g/mol. The van der Waals surface area contributed by atoms with E-state index in [-0.39, 0.29) is 6.03 Å². The smallest absolute Gasteiger partial charge is 0.337 e. The van der Waals surface area contributed by atoms with Crippen LogP contribution < -0.4 is 19.7 Å². The third kappa shape index (κ3) is 6.62. The Hall–Kier alpha value is -4.12. The Morgan fingerprint density at radius 1 is 0.976 bits per heavy atom. The number of aromatic nitrogens is 1. The number of rotatable bonds is 9. The summed E-state index contributed by atoms with van der Waals surface area (Å²) in [4.78, 5) is 34.9. The van der Waals surface area contributed by atoms with E-state index in [1.807, 2.05) is 11.0 Å². The summed E-state index contributed by atoms with van der Waals surface area (Å²) >= 11 is 0. The molecule has 2 amide bonds. The summed E-state index contributed by atoms with van der Waals surface area (Å²) < 4.78 is 31.6. The number of pyridine rings is 1. The van der Waals surface area contributed by atoms with Crippen molar-refractivity contribution in [2.24, 2.45) is 0 Å². The zero-order valence-corrected chi connectivity index (χ0v) is 23.5. The van der Waals surface area contributed by atoms with Crippen LogP contribution in [-0.2, 0) is 4.74 Å². The van der Waals surface area contributed by atoms with Crippen molar-refractivity contribution in [1.29, 1.82) is 0 Å². The van der Waals surface area contributed by atoms with Crippen molar-refractivity contribution in [2.45, 2.75) is 19.3 Å². The summed E-state index contributed by atoms with van der Waals surface area (Å²) in [5, 5.41) is 3.48. The summed E-state index contributed by atoms with van der Waals surface area (Å²) in [5.74, 6) is 0.253. The molecule has 11 heteroatoms. The van der Waals surface area contributed by atoms with E-state index in [9.17, 15) is 9.59 Å². The summed E-state index contributed by atoms with van der Waals surface area (Å²) in [6.07, 6.45) is 4.68. The first-order valence-corrected chi connectivity index (χ1v) is 14.0. The Labute approximate surface area is 239 Å². The van der Waals surface area contributed by atoms with Gasteiger partial charge in [0.05, 0.1) is 43.8 Å². The standard InChI is InChI=1S/C30H36FN5O5/c1-39-26-18-23-25(19-27(26)41-17-5-12-34-10-3-4-11-34)32-20-24(31)28(23)35-13-15-36(16-14-35)30(38)33-22-8-6-21(7-9-22)29(37)40-2/h6-9,18-20H,3-5,10-17H2,1-2H3,(H,33,38). The van der Waals surface area contributed by atoms with Crippen LogP contribution in [0.3, 0.4) is 0 Å². The lowest BCUT2D eigenvalue weighted by atomic mass is 10.1. The first-order chi connectivity index (χ1) is 20.0. The number of fused-ring (bicyclic) bond motifs is 1. The number of hydrogen-bond donors (Lipinski definition) is 1. The van der Waals surface area contributed by atoms with Crippen LogP contribution in [0, 0.1) is 5.82 Å². The van der Waals surface area contributed by atoms with Gasteiger partial charge in [-0.25, -0.2) is 14.0 Å². The van der Waals surface area contributed by atoms with Gasteiger partial charge in [-0.15, -0.1) is 0 Å². The fraction of sp³-hybridized carbons (Fsp3) is 0.433. The Balaban J connectivity index is 1.23. The maximum atomic E-state index is 15.2. The molecule has 2 aromatic carbocycles. The van der Waals surface area contributed by atoms with Crippen molar-refractivity contribution < 1.29 is 28.2 Å². The Kier molecular flexibility index (Phi) is 9.03. The number of piperazine rings is 1. The number of anilines is 2. The number of amides is 2. The Morgan fingerprint density at radius 2 is 1.71 bits per heavy atom. The van der Waals surface area contributed by atoms with Crippen molar-refractivity contribution >= 4 is 34.3 Å². The highest BCUT2D eigenvalue weighted by Crippen LogP contribution is 2.37. The Morgan fingerprint density at radius 3 is 2.39 bits per heavy atom. The van der Waals surface area contributed by atoms with Crippen LogP contribution in [0.4, 0.5) is 20.6 Å². The van der Waals surface area contributed by atoms with E-state index >= 15 is 4.39 Å². The molecule has 0 atom stereocenters. The summed E-state index contributed by atoms with van der Waals surface area (Å²) in [6.45, 7) is 5.59. The van der Waals surface area contributed by atoms with E-state index < -0.39 is 11.8 Å².